The first kappa shape index (κ1) is 13.8. The molecule has 2 aromatic carbocycles. The third kappa shape index (κ3) is 2.54. The molecule has 2 N–H and O–H groups in total. The molecule has 1 aliphatic rings. The molecule has 108 valence electrons. The SMILES string of the molecule is CCc1cc(C(O)c2ccc(F)cc2)cc2c1NC(=O)C2. The Morgan fingerprint density at radius 1 is 1.24 bits per heavy atom. The van der Waals surface area contributed by atoms with E-state index in [4.69, 9.17) is 0 Å². The Bertz CT molecular complexity index is 695. The van der Waals surface area contributed by atoms with Crippen molar-refractivity contribution in [3.8, 4) is 0 Å². The Balaban J connectivity index is 2.01. The maximum atomic E-state index is 13.0. The quantitative estimate of drug-likeness (QED) is 0.911. The lowest BCUT2D eigenvalue weighted by molar-refractivity contribution is -0.115. The fraction of sp³-hybridized carbons (Fsp3) is 0.235. The fourth-order valence-electron chi connectivity index (χ4n) is 2.73. The maximum Gasteiger partial charge on any atom is 0.228 e. The first-order chi connectivity index (χ1) is 10.1. The maximum absolute atomic E-state index is 13.0. The fourth-order valence-corrected chi connectivity index (χ4v) is 2.73. The molecule has 4 heteroatoms. The number of hydrogen-bond acceptors (Lipinski definition) is 2. The van der Waals surface area contributed by atoms with Gasteiger partial charge in [0.15, 0.2) is 0 Å². The van der Waals surface area contributed by atoms with Crippen molar-refractivity contribution in [3.05, 3.63) is 64.5 Å². The van der Waals surface area contributed by atoms with Gasteiger partial charge >= 0.3 is 0 Å². The number of anilines is 1. The number of aliphatic hydroxyl groups excluding tert-OH is 1. The summed E-state index contributed by atoms with van der Waals surface area (Å²) in [5.74, 6) is -0.350. The largest absolute Gasteiger partial charge is 0.384 e. The van der Waals surface area contributed by atoms with Gasteiger partial charge in [0.05, 0.1) is 6.42 Å². The third-order valence-electron chi connectivity index (χ3n) is 3.82. The van der Waals surface area contributed by atoms with Gasteiger partial charge in [0.2, 0.25) is 5.91 Å². The lowest BCUT2D eigenvalue weighted by Gasteiger charge is -2.15. The Labute approximate surface area is 122 Å². The second kappa shape index (κ2) is 5.30. The molecular weight excluding hydrogens is 269 g/mol. The molecule has 1 amide bonds. The van der Waals surface area contributed by atoms with E-state index in [1.165, 1.54) is 12.1 Å². The standard InChI is InChI=1S/C17H16FNO2/c1-2-10-7-13(8-12-9-15(20)19-16(10)12)17(21)11-3-5-14(18)6-4-11/h3-8,17,21H,2,9H2,1H3,(H,19,20). The molecule has 0 saturated heterocycles. The van der Waals surface area contributed by atoms with Crippen LogP contribution in [0.4, 0.5) is 10.1 Å². The normalized spacial score (nSPS) is 14.7. The highest BCUT2D eigenvalue weighted by molar-refractivity contribution is 6.00. The van der Waals surface area contributed by atoms with Crippen molar-refractivity contribution >= 4 is 11.6 Å². The monoisotopic (exact) mass is 285 g/mol. The van der Waals surface area contributed by atoms with E-state index in [2.05, 4.69) is 5.32 Å². The molecular formula is C17H16FNO2. The Hall–Kier alpha value is -2.20. The number of aryl methyl sites for hydroxylation is 1. The van der Waals surface area contributed by atoms with E-state index in [-0.39, 0.29) is 11.7 Å². The van der Waals surface area contributed by atoms with Crippen LogP contribution in [0.2, 0.25) is 0 Å². The predicted octanol–water partition coefficient (Wildman–Crippen LogP) is 2.96. The third-order valence-corrected chi connectivity index (χ3v) is 3.82. The minimum absolute atomic E-state index is 0.0203. The topological polar surface area (TPSA) is 49.3 Å². The molecule has 0 fully saturated rings. The van der Waals surface area contributed by atoms with Crippen LogP contribution in [0, 0.1) is 5.82 Å². The van der Waals surface area contributed by atoms with Crippen molar-refractivity contribution < 1.29 is 14.3 Å². The van der Waals surface area contributed by atoms with E-state index in [1.54, 1.807) is 12.1 Å². The van der Waals surface area contributed by atoms with Gasteiger partial charge in [-0.3, -0.25) is 4.79 Å². The molecule has 0 bridgehead atoms. The van der Waals surface area contributed by atoms with Crippen LogP contribution in [0.25, 0.3) is 0 Å². The molecule has 1 aliphatic heterocycles. The van der Waals surface area contributed by atoms with Gasteiger partial charge in [-0.1, -0.05) is 31.2 Å². The van der Waals surface area contributed by atoms with Gasteiger partial charge in [-0.05, 0) is 40.8 Å². The van der Waals surface area contributed by atoms with Crippen LogP contribution in [0.5, 0.6) is 0 Å². The number of aliphatic hydroxyl groups is 1. The Morgan fingerprint density at radius 3 is 2.62 bits per heavy atom. The van der Waals surface area contributed by atoms with Crippen molar-refractivity contribution in [1.82, 2.24) is 0 Å². The summed E-state index contributed by atoms with van der Waals surface area (Å²) >= 11 is 0. The first-order valence-electron chi connectivity index (χ1n) is 6.97. The summed E-state index contributed by atoms with van der Waals surface area (Å²) in [5.41, 5.74) is 4.16. The molecule has 0 aliphatic carbocycles. The van der Waals surface area contributed by atoms with E-state index in [0.29, 0.717) is 12.0 Å². The van der Waals surface area contributed by atoms with Crippen LogP contribution in [-0.2, 0) is 17.6 Å². The van der Waals surface area contributed by atoms with Gasteiger partial charge in [-0.2, -0.15) is 0 Å². The molecule has 3 rings (SSSR count). The molecule has 1 unspecified atom stereocenters. The summed E-state index contributed by atoms with van der Waals surface area (Å²) in [4.78, 5) is 11.5. The van der Waals surface area contributed by atoms with Crippen LogP contribution in [0.3, 0.4) is 0 Å². The summed E-state index contributed by atoms with van der Waals surface area (Å²) < 4.78 is 13.0. The summed E-state index contributed by atoms with van der Waals surface area (Å²) in [6.45, 7) is 2.01. The van der Waals surface area contributed by atoms with Crippen LogP contribution in [0.15, 0.2) is 36.4 Å². The van der Waals surface area contributed by atoms with Crippen LogP contribution >= 0.6 is 0 Å². The minimum atomic E-state index is -0.822. The van der Waals surface area contributed by atoms with Gasteiger partial charge in [0.1, 0.15) is 11.9 Å². The number of carbonyl (C=O) groups excluding carboxylic acids is 1. The van der Waals surface area contributed by atoms with E-state index in [1.807, 2.05) is 19.1 Å². The molecule has 3 nitrogen and oxygen atoms in total. The lowest BCUT2D eigenvalue weighted by atomic mass is 9.95. The molecule has 1 heterocycles. The average Bonchev–Trinajstić information content (AvgIpc) is 2.86. The van der Waals surface area contributed by atoms with Crippen molar-refractivity contribution in [1.29, 1.82) is 0 Å². The number of nitrogens with one attached hydrogen (secondary N) is 1. The molecule has 0 aromatic heterocycles. The average molecular weight is 285 g/mol. The Kier molecular flexibility index (Phi) is 3.47. The van der Waals surface area contributed by atoms with E-state index < -0.39 is 6.10 Å². The van der Waals surface area contributed by atoms with Crippen molar-refractivity contribution in [2.45, 2.75) is 25.9 Å². The van der Waals surface area contributed by atoms with Gasteiger partial charge in [0, 0.05) is 5.69 Å². The highest BCUT2D eigenvalue weighted by Gasteiger charge is 2.23. The van der Waals surface area contributed by atoms with E-state index >= 15 is 0 Å². The summed E-state index contributed by atoms with van der Waals surface area (Å²) in [6, 6.07) is 9.55. The highest BCUT2D eigenvalue weighted by atomic mass is 19.1. The number of rotatable bonds is 3. The lowest BCUT2D eigenvalue weighted by Crippen LogP contribution is -2.05. The van der Waals surface area contributed by atoms with Gasteiger partial charge in [0.25, 0.3) is 0 Å². The second-order valence-corrected chi connectivity index (χ2v) is 5.25. The second-order valence-electron chi connectivity index (χ2n) is 5.25. The van der Waals surface area contributed by atoms with Crippen LogP contribution < -0.4 is 5.32 Å². The number of hydrogen-bond donors (Lipinski definition) is 2. The molecule has 2 aromatic rings. The predicted molar refractivity (Wildman–Crippen MR) is 78.6 cm³/mol. The van der Waals surface area contributed by atoms with E-state index in [0.717, 1.165) is 28.8 Å². The van der Waals surface area contributed by atoms with Crippen molar-refractivity contribution in [3.63, 3.8) is 0 Å². The molecule has 21 heavy (non-hydrogen) atoms. The minimum Gasteiger partial charge on any atom is -0.384 e. The zero-order valence-electron chi connectivity index (χ0n) is 11.7. The van der Waals surface area contributed by atoms with Crippen molar-refractivity contribution in [2.75, 3.05) is 5.32 Å². The molecule has 0 spiro atoms. The summed E-state index contributed by atoms with van der Waals surface area (Å²) in [6.07, 6.45) is 0.288. The summed E-state index contributed by atoms with van der Waals surface area (Å²) in [5, 5.41) is 13.3. The zero-order valence-corrected chi connectivity index (χ0v) is 11.7. The summed E-state index contributed by atoms with van der Waals surface area (Å²) in [7, 11) is 0. The van der Waals surface area contributed by atoms with Crippen LogP contribution in [-0.4, -0.2) is 11.0 Å². The molecule has 1 atom stereocenters. The number of amides is 1. The van der Waals surface area contributed by atoms with Gasteiger partial charge in [-0.15, -0.1) is 0 Å². The van der Waals surface area contributed by atoms with Crippen molar-refractivity contribution in [2.24, 2.45) is 0 Å². The first-order valence-corrected chi connectivity index (χ1v) is 6.97. The van der Waals surface area contributed by atoms with Crippen LogP contribution in [0.1, 0.15) is 35.3 Å². The van der Waals surface area contributed by atoms with E-state index in [9.17, 15) is 14.3 Å². The van der Waals surface area contributed by atoms with Gasteiger partial charge in [-0.25, -0.2) is 4.39 Å². The molecule has 0 saturated carbocycles. The van der Waals surface area contributed by atoms with Gasteiger partial charge < -0.3 is 10.4 Å². The zero-order chi connectivity index (χ0) is 15.0. The Morgan fingerprint density at radius 2 is 1.95 bits per heavy atom. The number of carbonyl (C=O) groups is 1. The number of benzene rings is 2. The number of halogens is 1. The smallest absolute Gasteiger partial charge is 0.228 e. The molecule has 0 radical (unpaired) electrons. The number of fused-ring (bicyclic) bond motifs is 1. The highest BCUT2D eigenvalue weighted by Crippen LogP contribution is 2.33.